The van der Waals surface area contributed by atoms with Gasteiger partial charge in [-0.15, -0.1) is 0 Å². The quantitative estimate of drug-likeness (QED) is 0.561. The molecule has 0 aliphatic carbocycles. The first kappa shape index (κ1) is 27.1. The number of aromatic nitrogens is 2. The third kappa shape index (κ3) is 7.26. The average molecular weight is 491 g/mol. The monoisotopic (exact) mass is 490 g/mol. The summed E-state index contributed by atoms with van der Waals surface area (Å²) >= 11 is 0. The van der Waals surface area contributed by atoms with Crippen molar-refractivity contribution >= 4 is 23.2 Å². The molecule has 1 fully saturated rings. The molecule has 3 heterocycles. The fourth-order valence-corrected chi connectivity index (χ4v) is 4.06. The molecule has 1 amide bonds. The molecule has 1 aromatic heterocycles. The van der Waals surface area contributed by atoms with Crippen molar-refractivity contribution in [2.45, 2.75) is 34.2 Å². The van der Waals surface area contributed by atoms with E-state index < -0.39 is 0 Å². The number of likely N-dealkylation sites (N-methyl/N-ethyl adjacent to an activating group) is 1. The van der Waals surface area contributed by atoms with E-state index in [-0.39, 0.29) is 12.5 Å². The first-order chi connectivity index (χ1) is 17.5. The van der Waals surface area contributed by atoms with Crippen LogP contribution in [-0.2, 0) is 16.1 Å². The summed E-state index contributed by atoms with van der Waals surface area (Å²) in [6, 6.07) is 18.6. The maximum absolute atomic E-state index is 12.0. The van der Waals surface area contributed by atoms with E-state index in [0.29, 0.717) is 29.7 Å². The van der Waals surface area contributed by atoms with Gasteiger partial charge in [0.1, 0.15) is 11.5 Å². The van der Waals surface area contributed by atoms with Crippen LogP contribution in [0.3, 0.4) is 0 Å². The Kier molecular flexibility index (Phi) is 10.2. The van der Waals surface area contributed by atoms with Crippen LogP contribution >= 0.6 is 0 Å². The maximum Gasteiger partial charge on any atom is 0.244 e. The molecule has 0 atom stereocenters. The largest absolute Gasteiger partial charge is 0.382 e. The van der Waals surface area contributed by atoms with E-state index in [1.54, 1.807) is 6.92 Å². The Bertz CT molecular complexity index is 1100. The molecule has 2 aliphatic heterocycles. The van der Waals surface area contributed by atoms with E-state index in [0.717, 1.165) is 37.4 Å². The number of nitrogens with one attached hydrogen (secondary N) is 1. The number of amides is 1. The number of carbonyl (C=O) groups is 1. The molecule has 8 nitrogen and oxygen atoms in total. The van der Waals surface area contributed by atoms with Gasteiger partial charge in [-0.2, -0.15) is 0 Å². The summed E-state index contributed by atoms with van der Waals surface area (Å²) in [7, 11) is 0. The van der Waals surface area contributed by atoms with Crippen molar-refractivity contribution in [2.75, 3.05) is 55.3 Å². The number of hydrogen-bond donors (Lipinski definition) is 2. The molecule has 36 heavy (non-hydrogen) atoms. The highest BCUT2D eigenvalue weighted by atomic mass is 16.5. The van der Waals surface area contributed by atoms with Crippen LogP contribution < -0.4 is 16.0 Å². The number of nitrogens with two attached hydrogens (primary N) is 1. The number of aryl methyl sites for hydroxylation is 1. The smallest absolute Gasteiger partial charge is 0.244 e. The van der Waals surface area contributed by atoms with Gasteiger partial charge < -0.3 is 20.7 Å². The molecular weight excluding hydrogens is 452 g/mol. The van der Waals surface area contributed by atoms with Crippen molar-refractivity contribution in [1.29, 1.82) is 0 Å². The molecule has 0 unspecified atom stereocenters. The van der Waals surface area contributed by atoms with Crippen molar-refractivity contribution < 1.29 is 9.53 Å². The van der Waals surface area contributed by atoms with Gasteiger partial charge in [0, 0.05) is 19.6 Å². The average Bonchev–Trinajstić information content (AvgIpc) is 2.92. The first-order valence-electron chi connectivity index (χ1n) is 12.7. The minimum Gasteiger partial charge on any atom is -0.382 e. The summed E-state index contributed by atoms with van der Waals surface area (Å²) in [5.41, 5.74) is 9.88. The fraction of sp³-hybridized carbons (Fsp3) is 0.393. The lowest BCUT2D eigenvalue weighted by molar-refractivity contribution is -0.115. The van der Waals surface area contributed by atoms with Gasteiger partial charge in [0.05, 0.1) is 19.8 Å². The van der Waals surface area contributed by atoms with E-state index >= 15 is 0 Å². The minimum absolute atomic E-state index is 0.113. The number of benzene rings is 2. The molecule has 0 bridgehead atoms. The standard InChI is InChI=1S/C20H19N5O.C6H13NO.C2H6/c1-13-22-19(21)18-20(23-13)25(12-17(26)24-18)11-14-7-9-16(10-8-14)15-5-3-2-4-6-15;1-2-7-3-5-8-6-4-7;1-2/h2-10H,11-12H2,1H3,(H,24,26)(H2,21,22,23);2-6H2,1H3;1-2H3. The van der Waals surface area contributed by atoms with Gasteiger partial charge in [0.25, 0.3) is 0 Å². The van der Waals surface area contributed by atoms with Crippen LogP contribution in [0, 0.1) is 6.92 Å². The van der Waals surface area contributed by atoms with E-state index in [1.807, 2.05) is 36.9 Å². The second kappa shape index (κ2) is 13.6. The number of rotatable bonds is 4. The molecule has 2 aliphatic rings. The number of hydrogen-bond acceptors (Lipinski definition) is 7. The highest BCUT2D eigenvalue weighted by molar-refractivity contribution is 6.03. The summed E-state index contributed by atoms with van der Waals surface area (Å²) in [4.78, 5) is 25.0. The first-order valence-corrected chi connectivity index (χ1v) is 12.7. The zero-order valence-electron chi connectivity index (χ0n) is 21.8. The van der Waals surface area contributed by atoms with Crippen LogP contribution in [-0.4, -0.2) is 60.2 Å². The zero-order chi connectivity index (χ0) is 25.9. The van der Waals surface area contributed by atoms with Gasteiger partial charge in [0.15, 0.2) is 11.6 Å². The normalized spacial score (nSPS) is 15.0. The predicted molar refractivity (Wildman–Crippen MR) is 147 cm³/mol. The Morgan fingerprint density at radius 1 is 0.972 bits per heavy atom. The summed E-state index contributed by atoms with van der Waals surface area (Å²) in [6.45, 7) is 14.1. The highest BCUT2D eigenvalue weighted by Gasteiger charge is 2.26. The number of ether oxygens (including phenoxy) is 1. The lowest BCUT2D eigenvalue weighted by Gasteiger charge is -2.30. The topological polar surface area (TPSA) is 96.6 Å². The fourth-order valence-electron chi connectivity index (χ4n) is 4.06. The van der Waals surface area contributed by atoms with Gasteiger partial charge in [-0.1, -0.05) is 75.4 Å². The molecule has 0 radical (unpaired) electrons. The third-order valence-electron chi connectivity index (χ3n) is 5.91. The molecule has 0 spiro atoms. The molecule has 5 rings (SSSR count). The molecule has 2 aromatic carbocycles. The molecule has 8 heteroatoms. The van der Waals surface area contributed by atoms with Crippen LogP contribution in [0.1, 0.15) is 32.2 Å². The van der Waals surface area contributed by atoms with Crippen LogP contribution in [0.2, 0.25) is 0 Å². The van der Waals surface area contributed by atoms with Gasteiger partial charge in [0.2, 0.25) is 5.91 Å². The number of anilines is 3. The zero-order valence-corrected chi connectivity index (χ0v) is 21.8. The van der Waals surface area contributed by atoms with Crippen molar-refractivity contribution in [2.24, 2.45) is 0 Å². The summed E-state index contributed by atoms with van der Waals surface area (Å²) < 4.78 is 5.16. The van der Waals surface area contributed by atoms with E-state index in [1.165, 1.54) is 12.1 Å². The molecule has 0 saturated carbocycles. The van der Waals surface area contributed by atoms with Crippen LogP contribution in [0.15, 0.2) is 54.6 Å². The lowest BCUT2D eigenvalue weighted by Crippen LogP contribution is -2.39. The summed E-state index contributed by atoms with van der Waals surface area (Å²) in [5, 5.41) is 2.77. The number of morpholine rings is 1. The number of carbonyl (C=O) groups excluding carboxylic acids is 1. The van der Waals surface area contributed by atoms with Crippen molar-refractivity contribution in [3.05, 3.63) is 66.0 Å². The summed E-state index contributed by atoms with van der Waals surface area (Å²) in [6.07, 6.45) is 0. The van der Waals surface area contributed by atoms with Crippen LogP contribution in [0.4, 0.5) is 17.3 Å². The molecular formula is C28H38N6O2. The predicted octanol–water partition coefficient (Wildman–Crippen LogP) is 4.36. The maximum atomic E-state index is 12.0. The molecule has 3 N–H and O–H groups in total. The van der Waals surface area contributed by atoms with Gasteiger partial charge in [-0.25, -0.2) is 9.97 Å². The van der Waals surface area contributed by atoms with Gasteiger partial charge >= 0.3 is 0 Å². The molecule has 1 saturated heterocycles. The number of nitrogens with zero attached hydrogens (tertiary/aromatic N) is 4. The van der Waals surface area contributed by atoms with E-state index in [4.69, 9.17) is 10.5 Å². The number of fused-ring (bicyclic) bond motifs is 1. The van der Waals surface area contributed by atoms with Crippen molar-refractivity contribution in [3.63, 3.8) is 0 Å². The van der Waals surface area contributed by atoms with E-state index in [2.05, 4.69) is 63.5 Å². The minimum atomic E-state index is -0.113. The Labute approximate surface area is 214 Å². The second-order valence-corrected chi connectivity index (χ2v) is 8.37. The van der Waals surface area contributed by atoms with Crippen molar-refractivity contribution in [3.8, 4) is 11.1 Å². The highest BCUT2D eigenvalue weighted by Crippen LogP contribution is 2.32. The van der Waals surface area contributed by atoms with E-state index in [9.17, 15) is 4.79 Å². The summed E-state index contributed by atoms with van der Waals surface area (Å²) in [5.74, 6) is 1.44. The number of nitrogen functional groups attached to an aromatic ring is 1. The molecule has 192 valence electrons. The SMILES string of the molecule is CC.CCN1CCOCC1.Cc1nc(N)c2c(n1)N(Cc1ccc(-c3ccccc3)cc1)CC(=O)N2. The Morgan fingerprint density at radius 2 is 1.61 bits per heavy atom. The van der Waals surface area contributed by atoms with Crippen LogP contribution in [0.5, 0.6) is 0 Å². The Balaban J connectivity index is 0.000000305. The Hall–Kier alpha value is -3.49. The van der Waals surface area contributed by atoms with Crippen LogP contribution in [0.25, 0.3) is 11.1 Å². The van der Waals surface area contributed by atoms with Crippen molar-refractivity contribution in [1.82, 2.24) is 14.9 Å². The van der Waals surface area contributed by atoms with Gasteiger partial charge in [-0.3, -0.25) is 9.69 Å². The third-order valence-corrected chi connectivity index (χ3v) is 5.91. The molecule has 3 aromatic rings. The Morgan fingerprint density at radius 3 is 2.22 bits per heavy atom. The van der Waals surface area contributed by atoms with Gasteiger partial charge in [-0.05, 0) is 30.2 Å². The lowest BCUT2D eigenvalue weighted by atomic mass is 10.0. The second-order valence-electron chi connectivity index (χ2n) is 8.37.